The molecule has 1 aromatic carbocycles. The highest BCUT2D eigenvalue weighted by atomic mass is 79.9. The molecule has 0 amide bonds. The van der Waals surface area contributed by atoms with E-state index in [0.717, 1.165) is 6.07 Å². The van der Waals surface area contributed by atoms with E-state index in [9.17, 15) is 17.6 Å². The average Bonchev–Trinajstić information content (AvgIpc) is 2.55. The van der Waals surface area contributed by atoms with Crippen LogP contribution in [0.4, 0.5) is 17.6 Å². The summed E-state index contributed by atoms with van der Waals surface area (Å²) in [6, 6.07) is 2.25. The Hall–Kier alpha value is -1.04. The van der Waals surface area contributed by atoms with Crippen LogP contribution in [0, 0.1) is 5.82 Å². The molecular weight excluding hydrogens is 280 g/mol. The van der Waals surface area contributed by atoms with E-state index in [1.807, 2.05) is 0 Å². The molecule has 0 N–H and O–H groups in total. The van der Waals surface area contributed by atoms with Gasteiger partial charge in [0.15, 0.2) is 11.4 Å². The fraction of sp³-hybridized carbons (Fsp3) is 0.111. The smallest absolute Gasteiger partial charge is 0.420 e. The lowest BCUT2D eigenvalue weighted by Crippen LogP contribution is -2.03. The minimum absolute atomic E-state index is 0.153. The van der Waals surface area contributed by atoms with Crippen LogP contribution in [-0.2, 0) is 6.18 Å². The van der Waals surface area contributed by atoms with Gasteiger partial charge in [-0.25, -0.2) is 4.39 Å². The Labute approximate surface area is 89.8 Å². The third-order valence-electron chi connectivity index (χ3n) is 1.93. The van der Waals surface area contributed by atoms with Crippen molar-refractivity contribution in [3.8, 4) is 0 Å². The van der Waals surface area contributed by atoms with Crippen molar-refractivity contribution in [1.29, 1.82) is 0 Å². The zero-order valence-corrected chi connectivity index (χ0v) is 8.62. The molecule has 0 atom stereocenters. The number of hydrogen-bond acceptors (Lipinski definition) is 1. The summed E-state index contributed by atoms with van der Waals surface area (Å²) in [5.74, 6) is -0.816. The number of halogens is 5. The molecule has 15 heavy (non-hydrogen) atoms. The molecule has 2 aromatic rings. The predicted octanol–water partition coefficient (Wildman–Crippen LogP) is 4.35. The Bertz CT molecular complexity index is 515. The van der Waals surface area contributed by atoms with Gasteiger partial charge in [0.1, 0.15) is 11.8 Å². The van der Waals surface area contributed by atoms with Gasteiger partial charge in [0, 0.05) is 9.86 Å². The normalized spacial score (nSPS) is 12.3. The van der Waals surface area contributed by atoms with Gasteiger partial charge in [0.05, 0.1) is 0 Å². The third-order valence-corrected chi connectivity index (χ3v) is 2.59. The zero-order chi connectivity index (χ0) is 11.2. The molecule has 0 unspecified atom stereocenters. The van der Waals surface area contributed by atoms with E-state index >= 15 is 0 Å². The second-order valence-electron chi connectivity index (χ2n) is 2.88. The summed E-state index contributed by atoms with van der Waals surface area (Å²) in [4.78, 5) is 0. The van der Waals surface area contributed by atoms with Crippen LogP contribution in [0.2, 0.25) is 0 Å². The van der Waals surface area contributed by atoms with E-state index in [1.54, 1.807) is 0 Å². The molecule has 1 aromatic heterocycles. The summed E-state index contributed by atoms with van der Waals surface area (Å²) >= 11 is 2.93. The first kappa shape index (κ1) is 10.5. The van der Waals surface area contributed by atoms with Crippen LogP contribution in [0.5, 0.6) is 0 Å². The van der Waals surface area contributed by atoms with Crippen LogP contribution in [0.3, 0.4) is 0 Å². The highest BCUT2D eigenvalue weighted by Crippen LogP contribution is 2.40. The highest BCUT2D eigenvalue weighted by Gasteiger charge is 2.36. The second kappa shape index (κ2) is 3.23. The summed E-state index contributed by atoms with van der Waals surface area (Å²) in [7, 11) is 0. The quantitative estimate of drug-likeness (QED) is 0.655. The van der Waals surface area contributed by atoms with Crippen LogP contribution >= 0.6 is 15.9 Å². The summed E-state index contributed by atoms with van der Waals surface area (Å²) in [6.07, 6.45) is -4.04. The van der Waals surface area contributed by atoms with Gasteiger partial charge >= 0.3 is 6.18 Å². The largest absolute Gasteiger partial charge is 0.461 e. The van der Waals surface area contributed by atoms with Gasteiger partial charge in [-0.05, 0) is 12.1 Å². The first-order valence-corrected chi connectivity index (χ1v) is 4.63. The molecule has 0 aliphatic heterocycles. The van der Waals surface area contributed by atoms with Crippen molar-refractivity contribution < 1.29 is 22.0 Å². The zero-order valence-electron chi connectivity index (χ0n) is 7.03. The third kappa shape index (κ3) is 1.62. The van der Waals surface area contributed by atoms with Crippen LogP contribution < -0.4 is 0 Å². The SMILES string of the molecule is Fc1ccc(Br)c2c(C(F)(F)F)coc12. The molecule has 80 valence electrons. The Morgan fingerprint density at radius 3 is 2.47 bits per heavy atom. The van der Waals surface area contributed by atoms with Gasteiger partial charge in [-0.1, -0.05) is 15.9 Å². The van der Waals surface area contributed by atoms with Crippen molar-refractivity contribution in [3.05, 3.63) is 34.2 Å². The van der Waals surface area contributed by atoms with Crippen molar-refractivity contribution in [2.45, 2.75) is 6.18 Å². The van der Waals surface area contributed by atoms with Crippen molar-refractivity contribution in [2.24, 2.45) is 0 Å². The summed E-state index contributed by atoms with van der Waals surface area (Å²) in [5.41, 5.74) is -1.37. The number of furan rings is 1. The number of alkyl halides is 3. The van der Waals surface area contributed by atoms with Crippen molar-refractivity contribution in [3.63, 3.8) is 0 Å². The lowest BCUT2D eigenvalue weighted by atomic mass is 10.1. The first-order chi connectivity index (χ1) is 6.91. The first-order valence-electron chi connectivity index (χ1n) is 3.83. The van der Waals surface area contributed by atoms with Crippen molar-refractivity contribution >= 4 is 26.9 Å². The van der Waals surface area contributed by atoms with E-state index in [0.29, 0.717) is 6.26 Å². The maximum absolute atomic E-state index is 13.1. The molecule has 0 saturated carbocycles. The topological polar surface area (TPSA) is 13.1 Å². The molecule has 0 aliphatic rings. The summed E-state index contributed by atoms with van der Waals surface area (Å²) < 4.78 is 55.2. The monoisotopic (exact) mass is 282 g/mol. The molecule has 0 aliphatic carbocycles. The molecule has 2 rings (SSSR count). The van der Waals surface area contributed by atoms with Gasteiger partial charge in [-0.15, -0.1) is 0 Å². The van der Waals surface area contributed by atoms with Gasteiger partial charge < -0.3 is 4.42 Å². The predicted molar refractivity (Wildman–Crippen MR) is 48.9 cm³/mol. The van der Waals surface area contributed by atoms with Gasteiger partial charge in [0.25, 0.3) is 0 Å². The fourth-order valence-corrected chi connectivity index (χ4v) is 1.81. The Balaban J connectivity index is 2.85. The number of rotatable bonds is 0. The molecule has 0 bridgehead atoms. The van der Waals surface area contributed by atoms with Crippen LogP contribution in [0.15, 0.2) is 27.3 Å². The summed E-state index contributed by atoms with van der Waals surface area (Å²) in [6.45, 7) is 0. The van der Waals surface area contributed by atoms with Crippen LogP contribution in [0.25, 0.3) is 11.0 Å². The van der Waals surface area contributed by atoms with Crippen molar-refractivity contribution in [2.75, 3.05) is 0 Å². The second-order valence-corrected chi connectivity index (χ2v) is 3.73. The molecule has 0 fully saturated rings. The van der Waals surface area contributed by atoms with Crippen LogP contribution in [-0.4, -0.2) is 0 Å². The molecule has 6 heteroatoms. The minimum Gasteiger partial charge on any atom is -0.461 e. The van der Waals surface area contributed by atoms with E-state index in [1.165, 1.54) is 6.07 Å². The maximum Gasteiger partial charge on any atom is 0.420 e. The lowest BCUT2D eigenvalue weighted by Gasteiger charge is -2.03. The molecular formula is C9H3BrF4O. The Morgan fingerprint density at radius 2 is 1.87 bits per heavy atom. The van der Waals surface area contributed by atoms with Crippen LogP contribution in [0.1, 0.15) is 5.56 Å². The molecule has 0 saturated heterocycles. The number of hydrogen-bond donors (Lipinski definition) is 0. The van der Waals surface area contributed by atoms with Gasteiger partial charge in [-0.2, -0.15) is 13.2 Å². The Morgan fingerprint density at radius 1 is 1.20 bits per heavy atom. The van der Waals surface area contributed by atoms with E-state index in [-0.39, 0.29) is 9.86 Å². The highest BCUT2D eigenvalue weighted by molar-refractivity contribution is 9.10. The molecule has 0 spiro atoms. The fourth-order valence-electron chi connectivity index (χ4n) is 1.28. The van der Waals surface area contributed by atoms with Gasteiger partial charge in [0.2, 0.25) is 0 Å². The molecule has 1 heterocycles. The van der Waals surface area contributed by atoms with E-state index < -0.39 is 23.1 Å². The molecule has 0 radical (unpaired) electrons. The number of benzene rings is 1. The Kier molecular flexibility index (Phi) is 2.26. The lowest BCUT2D eigenvalue weighted by molar-refractivity contribution is -0.136. The summed E-state index contributed by atoms with van der Waals surface area (Å²) in [5, 5.41) is -0.289. The van der Waals surface area contributed by atoms with E-state index in [2.05, 4.69) is 20.3 Å². The minimum atomic E-state index is -4.55. The standard InChI is InChI=1S/C9H3BrF4O/c10-5-1-2-6(11)8-7(5)4(3-15-8)9(12,13)14/h1-3H. The molecule has 1 nitrogen and oxygen atoms in total. The number of fused-ring (bicyclic) bond motifs is 1. The maximum atomic E-state index is 13.1. The van der Waals surface area contributed by atoms with E-state index in [4.69, 9.17) is 0 Å². The van der Waals surface area contributed by atoms with Crippen molar-refractivity contribution in [1.82, 2.24) is 0 Å². The van der Waals surface area contributed by atoms with Gasteiger partial charge in [-0.3, -0.25) is 0 Å². The average molecular weight is 283 g/mol.